The molecule has 1 aromatic carbocycles. The van der Waals surface area contributed by atoms with Gasteiger partial charge in [0.2, 0.25) is 11.8 Å². The van der Waals surface area contributed by atoms with Gasteiger partial charge in [0, 0.05) is 39.1 Å². The van der Waals surface area contributed by atoms with E-state index in [9.17, 15) is 29.6 Å². The van der Waals surface area contributed by atoms with Crippen LogP contribution in [0.15, 0.2) is 39.0 Å². The van der Waals surface area contributed by atoms with Crippen molar-refractivity contribution >= 4 is 17.3 Å². The number of benzene rings is 1. The van der Waals surface area contributed by atoms with Crippen LogP contribution in [0.3, 0.4) is 0 Å². The minimum Gasteiger partial charge on any atom is -0.494 e. The van der Waals surface area contributed by atoms with E-state index in [1.54, 1.807) is 6.92 Å². The monoisotopic (exact) mass is 401 g/mol. The Balaban J connectivity index is 2.10. The summed E-state index contributed by atoms with van der Waals surface area (Å²) in [5.41, 5.74) is -0.916. The second-order valence-electron chi connectivity index (χ2n) is 6.61. The van der Waals surface area contributed by atoms with Gasteiger partial charge in [-0.2, -0.15) is 5.10 Å². The van der Waals surface area contributed by atoms with Gasteiger partial charge in [0.05, 0.1) is 16.7 Å². The summed E-state index contributed by atoms with van der Waals surface area (Å²) in [6.07, 6.45) is 0.252. The number of aromatic nitrogens is 2. The van der Waals surface area contributed by atoms with E-state index in [0.29, 0.717) is 5.56 Å². The molecule has 0 saturated heterocycles. The highest BCUT2D eigenvalue weighted by Crippen LogP contribution is 2.34. The van der Waals surface area contributed by atoms with E-state index < -0.39 is 28.1 Å². The maximum atomic E-state index is 12.6. The summed E-state index contributed by atoms with van der Waals surface area (Å²) in [5.74, 6) is -0.852. The molecule has 29 heavy (non-hydrogen) atoms. The second-order valence-corrected chi connectivity index (χ2v) is 6.61. The Hall–Kier alpha value is -3.76. The van der Waals surface area contributed by atoms with Crippen molar-refractivity contribution in [3.63, 3.8) is 0 Å². The van der Waals surface area contributed by atoms with Gasteiger partial charge in [0.25, 0.3) is 11.2 Å². The Morgan fingerprint density at radius 3 is 2.41 bits per heavy atom. The smallest absolute Gasteiger partial charge is 0.333 e. The zero-order chi connectivity index (χ0) is 21.5. The molecule has 1 aliphatic rings. The molecular formula is C18H19N5O6. The molecule has 152 valence electrons. The number of hydrogen-bond donors (Lipinski definition) is 1. The first-order chi connectivity index (χ1) is 13.7. The molecule has 0 bridgehead atoms. The molecular weight excluding hydrogens is 382 g/mol. The average Bonchev–Trinajstić information content (AvgIpc) is 3.15. The van der Waals surface area contributed by atoms with Crippen LogP contribution >= 0.6 is 0 Å². The highest BCUT2D eigenvalue weighted by atomic mass is 16.6. The van der Waals surface area contributed by atoms with Gasteiger partial charge >= 0.3 is 5.69 Å². The zero-order valence-electron chi connectivity index (χ0n) is 16.0. The molecule has 1 amide bonds. The van der Waals surface area contributed by atoms with Crippen LogP contribution < -0.4 is 11.2 Å². The number of nitrogens with zero attached hydrogens (tertiary/aromatic N) is 5. The number of rotatable bonds is 4. The summed E-state index contributed by atoms with van der Waals surface area (Å²) in [4.78, 5) is 47.3. The number of non-ortho nitro benzene ring substituents is 1. The lowest BCUT2D eigenvalue weighted by Crippen LogP contribution is -2.39. The van der Waals surface area contributed by atoms with Gasteiger partial charge < -0.3 is 5.11 Å². The van der Waals surface area contributed by atoms with Crippen molar-refractivity contribution in [2.24, 2.45) is 19.2 Å². The van der Waals surface area contributed by atoms with Gasteiger partial charge in [-0.3, -0.25) is 28.8 Å². The van der Waals surface area contributed by atoms with E-state index in [0.717, 1.165) is 9.13 Å². The number of hydrazone groups is 1. The third-order valence-electron chi connectivity index (χ3n) is 4.88. The molecule has 0 spiro atoms. The number of nitro benzene ring substituents is 1. The third-order valence-corrected chi connectivity index (χ3v) is 4.88. The molecule has 2 aromatic rings. The van der Waals surface area contributed by atoms with Crippen LogP contribution in [-0.4, -0.2) is 35.8 Å². The fourth-order valence-electron chi connectivity index (χ4n) is 3.22. The molecule has 0 saturated carbocycles. The summed E-state index contributed by atoms with van der Waals surface area (Å²) in [6, 6.07) is 5.10. The summed E-state index contributed by atoms with van der Waals surface area (Å²) < 4.78 is 1.77. The van der Waals surface area contributed by atoms with Crippen LogP contribution in [-0.2, 0) is 18.9 Å². The SMILES string of the molecule is CCC(=O)N1N=C(c2c(O)n(C)c(=O)n(C)c2=O)CC1c1ccc([N+](=O)[O-])cc1. The van der Waals surface area contributed by atoms with E-state index in [-0.39, 0.29) is 35.7 Å². The van der Waals surface area contributed by atoms with Crippen molar-refractivity contribution in [1.82, 2.24) is 14.1 Å². The molecule has 0 aliphatic carbocycles. The lowest BCUT2D eigenvalue weighted by molar-refractivity contribution is -0.384. The van der Waals surface area contributed by atoms with Crippen molar-refractivity contribution < 1.29 is 14.8 Å². The second kappa shape index (κ2) is 7.34. The van der Waals surface area contributed by atoms with E-state index in [1.807, 2.05) is 0 Å². The van der Waals surface area contributed by atoms with Crippen molar-refractivity contribution in [3.8, 4) is 5.88 Å². The summed E-state index contributed by atoms with van der Waals surface area (Å²) >= 11 is 0. The number of carbonyl (C=O) groups excluding carboxylic acids is 1. The van der Waals surface area contributed by atoms with Gasteiger partial charge in [-0.05, 0) is 5.56 Å². The van der Waals surface area contributed by atoms with E-state index >= 15 is 0 Å². The first-order valence-corrected chi connectivity index (χ1v) is 8.80. The standard InChI is InChI=1S/C18H19N5O6/c1-4-14(24)22-13(10-5-7-11(8-6-10)23(28)29)9-12(19-22)15-16(25)20(2)18(27)21(3)17(15)26/h5-8,13,25H,4,9H2,1-3H3. The quantitative estimate of drug-likeness (QED) is 0.593. The highest BCUT2D eigenvalue weighted by molar-refractivity contribution is 6.04. The fraction of sp³-hybridized carbons (Fsp3) is 0.333. The molecule has 1 N–H and O–H groups in total. The van der Waals surface area contributed by atoms with Gasteiger partial charge in [0.15, 0.2) is 0 Å². The summed E-state index contributed by atoms with van der Waals surface area (Å²) in [6.45, 7) is 1.66. The van der Waals surface area contributed by atoms with Gasteiger partial charge in [0.1, 0.15) is 5.56 Å². The predicted molar refractivity (Wildman–Crippen MR) is 103 cm³/mol. The van der Waals surface area contributed by atoms with Crippen LogP contribution in [0.2, 0.25) is 0 Å². The largest absolute Gasteiger partial charge is 0.494 e. The Morgan fingerprint density at radius 2 is 1.86 bits per heavy atom. The molecule has 0 fully saturated rings. The fourth-order valence-corrected chi connectivity index (χ4v) is 3.22. The maximum Gasteiger partial charge on any atom is 0.333 e. The molecule has 1 atom stereocenters. The van der Waals surface area contributed by atoms with Crippen LogP contribution in [0, 0.1) is 10.1 Å². The number of aromatic hydroxyl groups is 1. The van der Waals surface area contributed by atoms with Crippen LogP contribution in [0.1, 0.15) is 36.9 Å². The number of hydrogen-bond acceptors (Lipinski definition) is 7. The first-order valence-electron chi connectivity index (χ1n) is 8.80. The topological polar surface area (TPSA) is 140 Å². The third kappa shape index (κ3) is 3.30. The normalized spacial score (nSPS) is 16.0. The van der Waals surface area contributed by atoms with Gasteiger partial charge in [-0.15, -0.1) is 0 Å². The van der Waals surface area contributed by atoms with Crippen molar-refractivity contribution in [2.75, 3.05) is 0 Å². The Labute approximate surface area is 164 Å². The van der Waals surface area contributed by atoms with Crippen LogP contribution in [0.4, 0.5) is 5.69 Å². The number of nitro groups is 1. The summed E-state index contributed by atoms with van der Waals surface area (Å²) in [7, 11) is 2.60. The summed E-state index contributed by atoms with van der Waals surface area (Å²) in [5, 5.41) is 26.7. The lowest BCUT2D eigenvalue weighted by atomic mass is 9.99. The highest BCUT2D eigenvalue weighted by Gasteiger charge is 2.35. The van der Waals surface area contributed by atoms with Crippen molar-refractivity contribution in [3.05, 3.63) is 66.3 Å². The zero-order valence-corrected chi connectivity index (χ0v) is 16.0. The average molecular weight is 401 g/mol. The number of amides is 1. The molecule has 0 radical (unpaired) electrons. The Morgan fingerprint density at radius 1 is 1.24 bits per heavy atom. The molecule has 11 nitrogen and oxygen atoms in total. The van der Waals surface area contributed by atoms with Crippen molar-refractivity contribution in [2.45, 2.75) is 25.8 Å². The number of carbonyl (C=O) groups is 1. The van der Waals surface area contributed by atoms with Gasteiger partial charge in [-0.1, -0.05) is 19.1 Å². The van der Waals surface area contributed by atoms with E-state index in [4.69, 9.17) is 0 Å². The Kier molecular flexibility index (Phi) is 5.06. The molecule has 3 rings (SSSR count). The van der Waals surface area contributed by atoms with E-state index in [1.165, 1.54) is 43.4 Å². The maximum absolute atomic E-state index is 12.6. The van der Waals surface area contributed by atoms with Crippen molar-refractivity contribution in [1.29, 1.82) is 0 Å². The molecule has 1 aliphatic heterocycles. The molecule has 11 heteroatoms. The molecule has 1 unspecified atom stereocenters. The molecule has 2 heterocycles. The minimum atomic E-state index is -0.724. The molecule has 1 aromatic heterocycles. The first kappa shape index (κ1) is 20.0. The lowest BCUT2D eigenvalue weighted by Gasteiger charge is -2.21. The minimum absolute atomic E-state index is 0.0918. The van der Waals surface area contributed by atoms with Crippen LogP contribution in [0.5, 0.6) is 5.88 Å². The van der Waals surface area contributed by atoms with Gasteiger partial charge in [-0.25, -0.2) is 9.80 Å². The van der Waals surface area contributed by atoms with E-state index in [2.05, 4.69) is 5.10 Å². The predicted octanol–water partition coefficient (Wildman–Crippen LogP) is 0.785. The van der Waals surface area contributed by atoms with Crippen LogP contribution in [0.25, 0.3) is 0 Å². The Bertz CT molecular complexity index is 1150.